The first-order chi connectivity index (χ1) is 7.16. The maximum absolute atomic E-state index is 5.80. The van der Waals surface area contributed by atoms with E-state index in [4.69, 9.17) is 17.3 Å². The Kier molecular flexibility index (Phi) is 2.93. The molecule has 0 bridgehead atoms. The molecule has 0 unspecified atom stereocenters. The summed E-state index contributed by atoms with van der Waals surface area (Å²) < 4.78 is 0. The third kappa shape index (κ3) is 2.30. The smallest absolute Gasteiger partial charge is 0.169 e. The van der Waals surface area contributed by atoms with Gasteiger partial charge in [-0.25, -0.2) is 0 Å². The Morgan fingerprint density at radius 1 is 1.27 bits per heavy atom. The third-order valence-electron chi connectivity index (χ3n) is 2.62. The minimum absolute atomic E-state index is 0.387. The number of anilines is 2. The SMILES string of the molecule is CN1CCN(c2cc(Cl)nnc2N)CC1. The lowest BCUT2D eigenvalue weighted by atomic mass is 10.3. The van der Waals surface area contributed by atoms with Crippen molar-refractivity contribution < 1.29 is 0 Å². The van der Waals surface area contributed by atoms with Crippen molar-refractivity contribution >= 4 is 23.1 Å². The zero-order valence-electron chi connectivity index (χ0n) is 8.65. The molecule has 0 aromatic carbocycles. The van der Waals surface area contributed by atoms with Gasteiger partial charge < -0.3 is 15.5 Å². The molecule has 1 aliphatic heterocycles. The van der Waals surface area contributed by atoms with Crippen LogP contribution in [0.2, 0.25) is 5.15 Å². The van der Waals surface area contributed by atoms with Gasteiger partial charge in [-0.2, -0.15) is 0 Å². The quantitative estimate of drug-likeness (QED) is 0.756. The number of likely N-dealkylation sites (N-methyl/N-ethyl adjacent to an activating group) is 1. The molecular weight excluding hydrogens is 214 g/mol. The molecular formula is C9H14ClN5. The van der Waals surface area contributed by atoms with Crippen LogP contribution >= 0.6 is 11.6 Å². The van der Waals surface area contributed by atoms with E-state index in [1.807, 2.05) is 0 Å². The lowest BCUT2D eigenvalue weighted by Gasteiger charge is -2.34. The second-order valence-electron chi connectivity index (χ2n) is 3.73. The standard InChI is InChI=1S/C9H14ClN5/c1-14-2-4-15(5-3-14)7-6-8(10)12-13-9(7)11/h6H,2-5H2,1H3,(H2,11,13). The molecule has 5 nitrogen and oxygen atoms in total. The van der Waals surface area contributed by atoms with E-state index < -0.39 is 0 Å². The molecule has 15 heavy (non-hydrogen) atoms. The highest BCUT2D eigenvalue weighted by Crippen LogP contribution is 2.23. The second kappa shape index (κ2) is 4.20. The van der Waals surface area contributed by atoms with E-state index in [9.17, 15) is 0 Å². The molecule has 0 saturated carbocycles. The molecule has 2 heterocycles. The lowest BCUT2D eigenvalue weighted by molar-refractivity contribution is 0.313. The maximum Gasteiger partial charge on any atom is 0.169 e. The highest BCUT2D eigenvalue weighted by atomic mass is 35.5. The van der Waals surface area contributed by atoms with E-state index >= 15 is 0 Å². The van der Waals surface area contributed by atoms with Crippen molar-refractivity contribution in [1.29, 1.82) is 0 Å². The summed E-state index contributed by atoms with van der Waals surface area (Å²) in [4.78, 5) is 4.47. The number of nitrogens with two attached hydrogens (primary N) is 1. The maximum atomic E-state index is 5.80. The Labute approximate surface area is 93.8 Å². The number of halogens is 1. The Balaban J connectivity index is 2.18. The fourth-order valence-corrected chi connectivity index (χ4v) is 1.81. The summed E-state index contributed by atoms with van der Waals surface area (Å²) in [5.74, 6) is 0.448. The van der Waals surface area contributed by atoms with Gasteiger partial charge in [-0.05, 0) is 7.05 Å². The average Bonchev–Trinajstić information content (AvgIpc) is 2.23. The van der Waals surface area contributed by atoms with Gasteiger partial charge in [0.05, 0.1) is 5.69 Å². The van der Waals surface area contributed by atoms with Crippen LogP contribution < -0.4 is 10.6 Å². The highest BCUT2D eigenvalue weighted by molar-refractivity contribution is 6.29. The molecule has 1 fully saturated rings. The van der Waals surface area contributed by atoms with Crippen LogP contribution in [0.25, 0.3) is 0 Å². The average molecular weight is 228 g/mol. The number of piperazine rings is 1. The first-order valence-corrected chi connectivity index (χ1v) is 5.27. The minimum Gasteiger partial charge on any atom is -0.380 e. The van der Waals surface area contributed by atoms with Crippen molar-refractivity contribution in [2.45, 2.75) is 0 Å². The minimum atomic E-state index is 0.387. The van der Waals surface area contributed by atoms with Crippen molar-refractivity contribution in [1.82, 2.24) is 15.1 Å². The van der Waals surface area contributed by atoms with Gasteiger partial charge in [-0.3, -0.25) is 0 Å². The highest BCUT2D eigenvalue weighted by Gasteiger charge is 2.17. The summed E-state index contributed by atoms with van der Waals surface area (Å²) in [7, 11) is 2.11. The van der Waals surface area contributed by atoms with Gasteiger partial charge in [0.2, 0.25) is 0 Å². The number of rotatable bonds is 1. The first kappa shape index (κ1) is 10.4. The molecule has 1 saturated heterocycles. The zero-order chi connectivity index (χ0) is 10.8. The van der Waals surface area contributed by atoms with Crippen LogP contribution in [0.1, 0.15) is 0 Å². The third-order valence-corrected chi connectivity index (χ3v) is 2.80. The summed E-state index contributed by atoms with van der Waals surface area (Å²) in [5.41, 5.74) is 6.66. The van der Waals surface area contributed by atoms with Crippen molar-refractivity contribution in [3.8, 4) is 0 Å². The van der Waals surface area contributed by atoms with Crippen molar-refractivity contribution in [3.05, 3.63) is 11.2 Å². The van der Waals surface area contributed by atoms with Gasteiger partial charge in [-0.15, -0.1) is 10.2 Å². The molecule has 0 radical (unpaired) electrons. The van der Waals surface area contributed by atoms with Crippen molar-refractivity contribution in [3.63, 3.8) is 0 Å². The van der Waals surface area contributed by atoms with E-state index in [0.717, 1.165) is 31.9 Å². The lowest BCUT2D eigenvalue weighted by Crippen LogP contribution is -2.44. The molecule has 1 aliphatic rings. The molecule has 0 atom stereocenters. The van der Waals surface area contributed by atoms with Crippen LogP contribution in [0, 0.1) is 0 Å². The summed E-state index contributed by atoms with van der Waals surface area (Å²) in [5, 5.41) is 7.90. The van der Waals surface area contributed by atoms with Gasteiger partial charge in [0.1, 0.15) is 0 Å². The monoisotopic (exact) mass is 227 g/mol. The van der Waals surface area contributed by atoms with Gasteiger partial charge in [0.25, 0.3) is 0 Å². The molecule has 0 amide bonds. The van der Waals surface area contributed by atoms with Gasteiger partial charge in [-0.1, -0.05) is 11.6 Å². The van der Waals surface area contributed by atoms with Crippen LogP contribution in [0.3, 0.4) is 0 Å². The summed E-state index contributed by atoms with van der Waals surface area (Å²) in [6.45, 7) is 3.95. The fraction of sp³-hybridized carbons (Fsp3) is 0.556. The Morgan fingerprint density at radius 2 is 1.93 bits per heavy atom. The van der Waals surface area contributed by atoms with Crippen molar-refractivity contribution in [2.75, 3.05) is 43.9 Å². The topological polar surface area (TPSA) is 58.3 Å². The van der Waals surface area contributed by atoms with E-state index in [1.165, 1.54) is 0 Å². The Bertz CT molecular complexity index is 348. The summed E-state index contributed by atoms with van der Waals surface area (Å²) in [6.07, 6.45) is 0. The van der Waals surface area contributed by atoms with E-state index in [-0.39, 0.29) is 0 Å². The molecule has 82 valence electrons. The van der Waals surface area contributed by atoms with Gasteiger partial charge >= 0.3 is 0 Å². The molecule has 1 aromatic heterocycles. The number of nitrogens with zero attached hydrogens (tertiary/aromatic N) is 4. The van der Waals surface area contributed by atoms with E-state index in [2.05, 4.69) is 27.0 Å². The number of nitrogen functional groups attached to an aromatic ring is 1. The fourth-order valence-electron chi connectivity index (χ4n) is 1.67. The predicted molar refractivity (Wildman–Crippen MR) is 61.2 cm³/mol. The first-order valence-electron chi connectivity index (χ1n) is 4.89. The Hall–Kier alpha value is -1.07. The second-order valence-corrected chi connectivity index (χ2v) is 4.12. The number of hydrogen-bond acceptors (Lipinski definition) is 5. The van der Waals surface area contributed by atoms with Crippen LogP contribution in [0.4, 0.5) is 11.5 Å². The normalized spacial score (nSPS) is 18.1. The van der Waals surface area contributed by atoms with E-state index in [1.54, 1.807) is 6.07 Å². The van der Waals surface area contributed by atoms with Crippen LogP contribution in [0.15, 0.2) is 6.07 Å². The number of aromatic nitrogens is 2. The molecule has 6 heteroatoms. The Morgan fingerprint density at radius 3 is 2.60 bits per heavy atom. The van der Waals surface area contributed by atoms with Crippen LogP contribution in [-0.2, 0) is 0 Å². The predicted octanol–water partition coefficient (Wildman–Crippen LogP) is 0.464. The van der Waals surface area contributed by atoms with Crippen LogP contribution in [0.5, 0.6) is 0 Å². The molecule has 0 aliphatic carbocycles. The van der Waals surface area contributed by atoms with E-state index in [0.29, 0.717) is 11.0 Å². The number of hydrogen-bond donors (Lipinski definition) is 1. The molecule has 2 N–H and O–H groups in total. The molecule has 1 aromatic rings. The van der Waals surface area contributed by atoms with Gasteiger partial charge in [0, 0.05) is 32.2 Å². The summed E-state index contributed by atoms with van der Waals surface area (Å²) >= 11 is 5.80. The summed E-state index contributed by atoms with van der Waals surface area (Å²) in [6, 6.07) is 1.77. The van der Waals surface area contributed by atoms with Gasteiger partial charge in [0.15, 0.2) is 11.0 Å². The molecule has 0 spiro atoms. The molecule has 2 rings (SSSR count). The van der Waals surface area contributed by atoms with Crippen LogP contribution in [-0.4, -0.2) is 48.3 Å². The van der Waals surface area contributed by atoms with Crippen molar-refractivity contribution in [2.24, 2.45) is 0 Å². The zero-order valence-corrected chi connectivity index (χ0v) is 9.41. The largest absolute Gasteiger partial charge is 0.380 e.